The number of hydrogen-bond donors (Lipinski definition) is 0. The van der Waals surface area contributed by atoms with Crippen molar-refractivity contribution in [2.45, 2.75) is 19.3 Å². The third kappa shape index (κ3) is 4.74. The van der Waals surface area contributed by atoms with E-state index in [4.69, 9.17) is 9.97 Å². The summed E-state index contributed by atoms with van der Waals surface area (Å²) in [6.45, 7) is 4.66. The summed E-state index contributed by atoms with van der Waals surface area (Å²) in [5.41, 5.74) is 14.9. The van der Waals surface area contributed by atoms with Crippen molar-refractivity contribution >= 4 is 0 Å². The maximum Gasteiger partial charge on any atom is 0.160 e. The first kappa shape index (κ1) is 26.9. The maximum absolute atomic E-state index is 5.11. The zero-order valence-corrected chi connectivity index (χ0v) is 25.3. The Balaban J connectivity index is 1.25. The van der Waals surface area contributed by atoms with Gasteiger partial charge in [-0.15, -0.1) is 0 Å². The summed E-state index contributed by atoms with van der Waals surface area (Å²) in [7, 11) is 0. The minimum atomic E-state index is -0.0434. The Kier molecular flexibility index (Phi) is 6.46. The van der Waals surface area contributed by atoms with E-state index in [1.807, 2.05) is 30.5 Å². The second-order valence-electron chi connectivity index (χ2n) is 12.1. The molecule has 5 aromatic carbocycles. The SMILES string of the molecule is CC1(C)c2ccccc2-c2c(-c3cccc(-c4cc(-c5ccc(-c6cccnc6)cc5)nc(-c5ccccc5)n4)c3)cccc21. The van der Waals surface area contributed by atoms with Gasteiger partial charge in [0.05, 0.1) is 11.4 Å². The Labute approximate surface area is 264 Å². The lowest BCUT2D eigenvalue weighted by Crippen LogP contribution is -2.14. The van der Waals surface area contributed by atoms with Crippen LogP contribution < -0.4 is 0 Å². The van der Waals surface area contributed by atoms with Crippen molar-refractivity contribution < 1.29 is 0 Å². The predicted molar refractivity (Wildman–Crippen MR) is 185 cm³/mol. The van der Waals surface area contributed by atoms with Gasteiger partial charge >= 0.3 is 0 Å². The highest BCUT2D eigenvalue weighted by molar-refractivity contribution is 5.93. The molecular weight excluding hydrogens is 546 g/mol. The predicted octanol–water partition coefficient (Wildman–Crippen LogP) is 10.5. The molecule has 0 fully saturated rings. The van der Waals surface area contributed by atoms with Crippen LogP contribution in [0.15, 0.2) is 152 Å². The van der Waals surface area contributed by atoms with Crippen LogP contribution in [-0.2, 0) is 5.41 Å². The fraction of sp³-hybridized carbons (Fsp3) is 0.0714. The van der Waals surface area contributed by atoms with E-state index in [9.17, 15) is 0 Å². The van der Waals surface area contributed by atoms with Crippen LogP contribution in [-0.4, -0.2) is 15.0 Å². The molecule has 7 aromatic rings. The molecule has 0 unspecified atom stereocenters. The molecule has 1 aliphatic rings. The Hall–Kier alpha value is -5.67. The lowest BCUT2D eigenvalue weighted by molar-refractivity contribution is 0.660. The van der Waals surface area contributed by atoms with E-state index < -0.39 is 0 Å². The first-order chi connectivity index (χ1) is 22.1. The largest absolute Gasteiger partial charge is 0.264 e. The van der Waals surface area contributed by atoms with Crippen LogP contribution in [0.5, 0.6) is 0 Å². The fourth-order valence-corrected chi connectivity index (χ4v) is 6.67. The van der Waals surface area contributed by atoms with E-state index in [2.05, 4.69) is 134 Å². The van der Waals surface area contributed by atoms with Crippen LogP contribution in [0, 0.1) is 0 Å². The van der Waals surface area contributed by atoms with Gasteiger partial charge in [-0.3, -0.25) is 4.98 Å². The standard InChI is InChI=1S/C42H31N3/c1-42(2)36-18-7-6-16-35(36)40-34(17-9-19-37(40)42)31-13-8-14-32(25-31)39-26-38(44-41(45-39)30-11-4-3-5-12-30)29-22-20-28(21-23-29)33-15-10-24-43-27-33/h3-27H,1-2H3. The smallest absolute Gasteiger partial charge is 0.160 e. The minimum Gasteiger partial charge on any atom is -0.264 e. The molecule has 0 atom stereocenters. The molecule has 0 amide bonds. The normalized spacial score (nSPS) is 12.8. The first-order valence-electron chi connectivity index (χ1n) is 15.4. The van der Waals surface area contributed by atoms with Gasteiger partial charge in [0.2, 0.25) is 0 Å². The fourth-order valence-electron chi connectivity index (χ4n) is 6.67. The molecule has 0 bridgehead atoms. The molecule has 0 radical (unpaired) electrons. The average molecular weight is 578 g/mol. The molecule has 2 heterocycles. The second kappa shape index (κ2) is 10.8. The van der Waals surface area contributed by atoms with Crippen molar-refractivity contribution in [2.24, 2.45) is 0 Å². The van der Waals surface area contributed by atoms with Crippen molar-refractivity contribution in [2.75, 3.05) is 0 Å². The number of benzene rings is 5. The molecule has 3 heteroatoms. The van der Waals surface area contributed by atoms with Crippen LogP contribution >= 0.6 is 0 Å². The summed E-state index contributed by atoms with van der Waals surface area (Å²) in [6, 6.07) is 49.2. The number of aromatic nitrogens is 3. The third-order valence-corrected chi connectivity index (χ3v) is 9.01. The highest BCUT2D eigenvalue weighted by atomic mass is 14.9. The van der Waals surface area contributed by atoms with E-state index in [1.54, 1.807) is 6.20 Å². The number of rotatable bonds is 5. The molecule has 0 spiro atoms. The highest BCUT2D eigenvalue weighted by Gasteiger charge is 2.36. The zero-order chi connectivity index (χ0) is 30.4. The van der Waals surface area contributed by atoms with Crippen molar-refractivity contribution in [3.63, 3.8) is 0 Å². The molecule has 2 aromatic heterocycles. The van der Waals surface area contributed by atoms with Crippen LogP contribution in [0.1, 0.15) is 25.0 Å². The van der Waals surface area contributed by atoms with Gasteiger partial charge in [-0.05, 0) is 62.7 Å². The van der Waals surface area contributed by atoms with Crippen LogP contribution in [0.25, 0.3) is 67.3 Å². The van der Waals surface area contributed by atoms with E-state index in [0.29, 0.717) is 5.82 Å². The maximum atomic E-state index is 5.11. The van der Waals surface area contributed by atoms with Gasteiger partial charge in [-0.1, -0.05) is 135 Å². The summed E-state index contributed by atoms with van der Waals surface area (Å²) in [5.74, 6) is 0.709. The van der Waals surface area contributed by atoms with Crippen molar-refractivity contribution in [3.05, 3.63) is 163 Å². The lowest BCUT2D eigenvalue weighted by atomic mass is 9.82. The lowest BCUT2D eigenvalue weighted by Gasteiger charge is -2.21. The molecule has 8 rings (SSSR count). The van der Waals surface area contributed by atoms with E-state index in [0.717, 1.165) is 39.2 Å². The summed E-state index contributed by atoms with van der Waals surface area (Å²) >= 11 is 0. The van der Waals surface area contributed by atoms with E-state index in [1.165, 1.54) is 33.4 Å². The van der Waals surface area contributed by atoms with Gasteiger partial charge in [0, 0.05) is 34.5 Å². The Morgan fingerprint density at radius 2 is 1.07 bits per heavy atom. The summed E-state index contributed by atoms with van der Waals surface area (Å²) in [5, 5.41) is 0. The second-order valence-corrected chi connectivity index (χ2v) is 12.1. The average Bonchev–Trinajstić information content (AvgIpc) is 3.35. The van der Waals surface area contributed by atoms with Crippen LogP contribution in [0.4, 0.5) is 0 Å². The Morgan fingerprint density at radius 1 is 0.444 bits per heavy atom. The minimum absolute atomic E-state index is 0.0434. The van der Waals surface area contributed by atoms with Crippen molar-refractivity contribution in [3.8, 4) is 67.3 Å². The van der Waals surface area contributed by atoms with Crippen LogP contribution in [0.3, 0.4) is 0 Å². The quantitative estimate of drug-likeness (QED) is 0.204. The summed E-state index contributed by atoms with van der Waals surface area (Å²) in [6.07, 6.45) is 3.69. The summed E-state index contributed by atoms with van der Waals surface area (Å²) in [4.78, 5) is 14.4. The topological polar surface area (TPSA) is 38.7 Å². The number of nitrogens with zero attached hydrogens (tertiary/aromatic N) is 3. The first-order valence-corrected chi connectivity index (χ1v) is 15.4. The zero-order valence-electron chi connectivity index (χ0n) is 25.3. The third-order valence-electron chi connectivity index (χ3n) is 9.01. The van der Waals surface area contributed by atoms with Gasteiger partial charge in [-0.25, -0.2) is 9.97 Å². The molecule has 0 saturated heterocycles. The van der Waals surface area contributed by atoms with E-state index >= 15 is 0 Å². The van der Waals surface area contributed by atoms with Gasteiger partial charge in [0.15, 0.2) is 5.82 Å². The molecule has 0 aliphatic heterocycles. The summed E-state index contributed by atoms with van der Waals surface area (Å²) < 4.78 is 0. The van der Waals surface area contributed by atoms with Crippen molar-refractivity contribution in [1.29, 1.82) is 0 Å². The number of fused-ring (bicyclic) bond motifs is 3. The molecule has 0 saturated carbocycles. The molecule has 1 aliphatic carbocycles. The van der Waals surface area contributed by atoms with Gasteiger partial charge < -0.3 is 0 Å². The van der Waals surface area contributed by atoms with Crippen molar-refractivity contribution in [1.82, 2.24) is 15.0 Å². The Bertz CT molecular complexity index is 2170. The van der Waals surface area contributed by atoms with E-state index in [-0.39, 0.29) is 5.41 Å². The number of pyridine rings is 1. The molecule has 214 valence electrons. The van der Waals surface area contributed by atoms with Gasteiger partial charge in [-0.2, -0.15) is 0 Å². The Morgan fingerprint density at radius 3 is 1.87 bits per heavy atom. The number of hydrogen-bond acceptors (Lipinski definition) is 3. The van der Waals surface area contributed by atoms with Crippen LogP contribution in [0.2, 0.25) is 0 Å². The van der Waals surface area contributed by atoms with Gasteiger partial charge in [0.25, 0.3) is 0 Å². The molecule has 0 N–H and O–H groups in total. The molecule has 3 nitrogen and oxygen atoms in total. The molecule has 45 heavy (non-hydrogen) atoms. The molecular formula is C42H31N3. The highest BCUT2D eigenvalue weighted by Crippen LogP contribution is 2.52. The monoisotopic (exact) mass is 577 g/mol. The van der Waals surface area contributed by atoms with Gasteiger partial charge in [0.1, 0.15) is 0 Å².